The monoisotopic (exact) mass is 246 g/mol. The second-order valence-electron chi connectivity index (χ2n) is 4.43. The molecule has 0 saturated carbocycles. The van der Waals surface area contributed by atoms with Crippen LogP contribution in [0.15, 0.2) is 24.3 Å². The number of rotatable bonds is 4. The second kappa shape index (κ2) is 5.21. The van der Waals surface area contributed by atoms with Crippen molar-refractivity contribution in [2.45, 2.75) is 32.7 Å². The molecule has 1 aromatic rings. The highest BCUT2D eigenvalue weighted by atomic mass is 16.2. The normalized spacial score (nSPS) is 19.4. The number of carbonyl (C=O) groups excluding carboxylic acids is 2. The molecule has 1 saturated heterocycles. The summed E-state index contributed by atoms with van der Waals surface area (Å²) in [5.74, 6) is -0.216. The maximum atomic E-state index is 11.9. The molecule has 4 heteroatoms. The predicted octanol–water partition coefficient (Wildman–Crippen LogP) is 1.81. The van der Waals surface area contributed by atoms with Crippen LogP contribution in [0.4, 0.5) is 5.69 Å². The fourth-order valence-corrected chi connectivity index (χ4v) is 2.17. The minimum absolute atomic E-state index is 0.0924. The molecule has 1 aromatic carbocycles. The van der Waals surface area contributed by atoms with Crippen molar-refractivity contribution >= 4 is 17.5 Å². The molecule has 0 aliphatic carbocycles. The first-order valence-electron chi connectivity index (χ1n) is 6.35. The summed E-state index contributed by atoms with van der Waals surface area (Å²) in [6.45, 7) is 4.36. The summed E-state index contributed by atoms with van der Waals surface area (Å²) < 4.78 is 0. The summed E-state index contributed by atoms with van der Waals surface area (Å²) in [6, 6.07) is 7.54. The number of nitrogens with zero attached hydrogens (tertiary/aromatic N) is 1. The summed E-state index contributed by atoms with van der Waals surface area (Å²) >= 11 is 0. The van der Waals surface area contributed by atoms with Crippen LogP contribution >= 0.6 is 0 Å². The fraction of sp³-hybridized carbons (Fsp3) is 0.429. The number of amides is 2. The van der Waals surface area contributed by atoms with Gasteiger partial charge in [0.2, 0.25) is 5.91 Å². The number of imide groups is 1. The van der Waals surface area contributed by atoms with Gasteiger partial charge >= 0.3 is 0 Å². The zero-order valence-electron chi connectivity index (χ0n) is 10.8. The molecule has 0 spiro atoms. The Morgan fingerprint density at radius 3 is 2.39 bits per heavy atom. The summed E-state index contributed by atoms with van der Waals surface area (Å²) in [5.41, 5.74) is 2.14. The van der Waals surface area contributed by atoms with Gasteiger partial charge in [-0.05, 0) is 31.0 Å². The highest BCUT2D eigenvalue weighted by Crippen LogP contribution is 2.18. The summed E-state index contributed by atoms with van der Waals surface area (Å²) in [7, 11) is 0. The largest absolute Gasteiger partial charge is 0.373 e. The predicted molar refractivity (Wildman–Crippen MR) is 70.2 cm³/mol. The zero-order valence-corrected chi connectivity index (χ0v) is 10.8. The van der Waals surface area contributed by atoms with Crippen LogP contribution in [0, 0.1) is 0 Å². The van der Waals surface area contributed by atoms with E-state index >= 15 is 0 Å². The van der Waals surface area contributed by atoms with Crippen molar-refractivity contribution in [2.24, 2.45) is 0 Å². The topological polar surface area (TPSA) is 49.4 Å². The van der Waals surface area contributed by atoms with Crippen LogP contribution < -0.4 is 5.32 Å². The molecular weight excluding hydrogens is 228 g/mol. The third-order valence-corrected chi connectivity index (χ3v) is 3.26. The van der Waals surface area contributed by atoms with Gasteiger partial charge in [0, 0.05) is 12.2 Å². The van der Waals surface area contributed by atoms with Gasteiger partial charge < -0.3 is 5.32 Å². The molecule has 0 bridgehead atoms. The summed E-state index contributed by atoms with van der Waals surface area (Å²) in [4.78, 5) is 24.8. The van der Waals surface area contributed by atoms with Crippen molar-refractivity contribution in [1.82, 2.24) is 4.90 Å². The summed E-state index contributed by atoms with van der Waals surface area (Å²) in [5, 5.41) is 3.12. The Balaban J connectivity index is 2.05. The van der Waals surface area contributed by atoms with E-state index in [1.54, 1.807) is 0 Å². The van der Waals surface area contributed by atoms with E-state index in [4.69, 9.17) is 0 Å². The van der Waals surface area contributed by atoms with Crippen molar-refractivity contribution in [3.05, 3.63) is 29.8 Å². The van der Waals surface area contributed by atoms with Gasteiger partial charge in [-0.1, -0.05) is 19.1 Å². The smallest absolute Gasteiger partial charge is 0.252 e. The van der Waals surface area contributed by atoms with Gasteiger partial charge in [0.05, 0.1) is 6.42 Å². The van der Waals surface area contributed by atoms with E-state index in [2.05, 4.69) is 12.2 Å². The number of benzene rings is 1. The number of aryl methyl sites for hydroxylation is 1. The van der Waals surface area contributed by atoms with E-state index in [0.717, 1.165) is 12.1 Å². The Bertz CT molecular complexity index is 453. The lowest BCUT2D eigenvalue weighted by molar-refractivity contribution is -0.138. The van der Waals surface area contributed by atoms with E-state index in [-0.39, 0.29) is 18.2 Å². The molecule has 1 aliphatic rings. The Hall–Kier alpha value is -1.84. The second-order valence-corrected chi connectivity index (χ2v) is 4.43. The molecule has 0 radical (unpaired) electrons. The average molecular weight is 246 g/mol. The molecule has 1 N–H and O–H groups in total. The number of nitrogens with one attached hydrogen (secondary N) is 1. The minimum atomic E-state index is -0.412. The molecule has 96 valence electrons. The third kappa shape index (κ3) is 2.37. The SMILES string of the molecule is CCc1ccc(NC2CC(=O)N(CC)C2=O)cc1. The Morgan fingerprint density at radius 2 is 1.89 bits per heavy atom. The lowest BCUT2D eigenvalue weighted by Gasteiger charge is -2.14. The van der Waals surface area contributed by atoms with Crippen LogP contribution in [-0.4, -0.2) is 29.3 Å². The van der Waals surface area contributed by atoms with Gasteiger partial charge in [-0.25, -0.2) is 0 Å². The zero-order chi connectivity index (χ0) is 13.1. The molecule has 2 rings (SSSR count). The molecule has 4 nitrogen and oxygen atoms in total. The highest BCUT2D eigenvalue weighted by Gasteiger charge is 2.37. The van der Waals surface area contributed by atoms with Crippen molar-refractivity contribution in [3.63, 3.8) is 0 Å². The highest BCUT2D eigenvalue weighted by molar-refractivity contribution is 6.06. The van der Waals surface area contributed by atoms with Gasteiger partial charge in [-0.15, -0.1) is 0 Å². The third-order valence-electron chi connectivity index (χ3n) is 3.26. The summed E-state index contributed by atoms with van der Waals surface area (Å²) in [6.07, 6.45) is 1.24. The Labute approximate surface area is 107 Å². The molecule has 1 fully saturated rings. The van der Waals surface area contributed by atoms with Crippen molar-refractivity contribution in [2.75, 3.05) is 11.9 Å². The van der Waals surface area contributed by atoms with Crippen LogP contribution in [0.5, 0.6) is 0 Å². The molecule has 1 atom stereocenters. The molecule has 1 aliphatic heterocycles. The quantitative estimate of drug-likeness (QED) is 0.824. The van der Waals surface area contributed by atoms with Crippen LogP contribution in [0.3, 0.4) is 0 Å². The number of carbonyl (C=O) groups is 2. The van der Waals surface area contributed by atoms with E-state index in [0.29, 0.717) is 6.54 Å². The molecule has 0 aromatic heterocycles. The molecule has 18 heavy (non-hydrogen) atoms. The van der Waals surface area contributed by atoms with Gasteiger partial charge in [-0.3, -0.25) is 14.5 Å². The Kier molecular flexibility index (Phi) is 3.65. The maximum absolute atomic E-state index is 11.9. The van der Waals surface area contributed by atoms with Crippen molar-refractivity contribution < 1.29 is 9.59 Å². The number of likely N-dealkylation sites (N-methyl/N-ethyl adjacent to an activating group) is 1. The average Bonchev–Trinajstić information content (AvgIpc) is 2.65. The van der Waals surface area contributed by atoms with Gasteiger partial charge in [-0.2, -0.15) is 0 Å². The minimum Gasteiger partial charge on any atom is -0.373 e. The van der Waals surface area contributed by atoms with Gasteiger partial charge in [0.15, 0.2) is 0 Å². The van der Waals surface area contributed by atoms with Crippen LogP contribution in [0.1, 0.15) is 25.8 Å². The standard InChI is InChI=1S/C14H18N2O2/c1-3-10-5-7-11(8-6-10)15-12-9-13(17)16(4-2)14(12)18/h5-8,12,15H,3-4,9H2,1-2H3. The number of hydrogen-bond donors (Lipinski definition) is 1. The molecule has 1 heterocycles. The fourth-order valence-electron chi connectivity index (χ4n) is 2.17. The van der Waals surface area contributed by atoms with E-state index in [9.17, 15) is 9.59 Å². The lowest BCUT2D eigenvalue weighted by Crippen LogP contribution is -2.34. The molecular formula is C14H18N2O2. The van der Waals surface area contributed by atoms with Crippen LogP contribution in [0.25, 0.3) is 0 Å². The first-order chi connectivity index (χ1) is 8.65. The first-order valence-corrected chi connectivity index (χ1v) is 6.35. The van der Waals surface area contributed by atoms with E-state index in [1.165, 1.54) is 10.5 Å². The van der Waals surface area contributed by atoms with Gasteiger partial charge in [0.25, 0.3) is 5.91 Å². The molecule has 2 amide bonds. The first kappa shape index (κ1) is 12.6. The van der Waals surface area contributed by atoms with E-state index < -0.39 is 6.04 Å². The maximum Gasteiger partial charge on any atom is 0.252 e. The lowest BCUT2D eigenvalue weighted by atomic mass is 10.1. The number of likely N-dealkylation sites (tertiary alicyclic amines) is 1. The van der Waals surface area contributed by atoms with Crippen LogP contribution in [0.2, 0.25) is 0 Å². The van der Waals surface area contributed by atoms with Gasteiger partial charge in [0.1, 0.15) is 6.04 Å². The Morgan fingerprint density at radius 1 is 1.22 bits per heavy atom. The van der Waals surface area contributed by atoms with Crippen molar-refractivity contribution in [3.8, 4) is 0 Å². The van der Waals surface area contributed by atoms with Crippen molar-refractivity contribution in [1.29, 1.82) is 0 Å². The van der Waals surface area contributed by atoms with E-state index in [1.807, 2.05) is 31.2 Å². The van der Waals surface area contributed by atoms with Crippen LogP contribution in [-0.2, 0) is 16.0 Å². The number of anilines is 1. The number of hydrogen-bond acceptors (Lipinski definition) is 3. The molecule has 1 unspecified atom stereocenters.